The zero-order chi connectivity index (χ0) is 10.4. The molecule has 0 saturated heterocycles. The molecule has 2 rings (SSSR count). The molecule has 14 heavy (non-hydrogen) atoms. The predicted molar refractivity (Wildman–Crippen MR) is 56.3 cm³/mol. The van der Waals surface area contributed by atoms with Crippen molar-refractivity contribution in [3.05, 3.63) is 35.7 Å². The number of urea groups is 1. The Balaban J connectivity index is 0.000000171. The molecule has 0 bridgehead atoms. The van der Waals surface area contributed by atoms with E-state index >= 15 is 0 Å². The third-order valence-electron chi connectivity index (χ3n) is 1.47. The second kappa shape index (κ2) is 5.21. The maximum absolute atomic E-state index is 9.23. The van der Waals surface area contributed by atoms with Crippen molar-refractivity contribution in [3.8, 4) is 0 Å². The van der Waals surface area contributed by atoms with Crippen molar-refractivity contribution < 1.29 is 10.0 Å². The molecular weight excluding hydrogens is 200 g/mol. The van der Waals surface area contributed by atoms with E-state index in [0.717, 1.165) is 0 Å². The van der Waals surface area contributed by atoms with Crippen LogP contribution in [0.5, 0.6) is 0 Å². The second-order valence-electron chi connectivity index (χ2n) is 2.43. The van der Waals surface area contributed by atoms with Crippen molar-refractivity contribution in [1.29, 1.82) is 0 Å². The number of hydrogen-bond donors (Lipinski definition) is 3. The average Bonchev–Trinajstić information content (AvgIpc) is 2.66. The van der Waals surface area contributed by atoms with Gasteiger partial charge < -0.3 is 5.73 Å². The van der Waals surface area contributed by atoms with Crippen LogP contribution in [0.1, 0.15) is 0 Å². The van der Waals surface area contributed by atoms with E-state index in [1.165, 1.54) is 15.6 Å². The van der Waals surface area contributed by atoms with Crippen molar-refractivity contribution in [2.24, 2.45) is 5.73 Å². The Morgan fingerprint density at radius 2 is 2.00 bits per heavy atom. The lowest BCUT2D eigenvalue weighted by atomic mass is 10.3. The summed E-state index contributed by atoms with van der Waals surface area (Å²) in [7, 11) is 0. The van der Waals surface area contributed by atoms with Gasteiger partial charge in [-0.3, -0.25) is 5.21 Å². The quantitative estimate of drug-likeness (QED) is 0.459. The molecule has 0 saturated carbocycles. The Labute approximate surface area is 84.9 Å². The number of rotatable bonds is 0. The maximum atomic E-state index is 9.23. The van der Waals surface area contributed by atoms with Crippen LogP contribution in [-0.4, -0.2) is 11.2 Å². The molecule has 2 amide bonds. The lowest BCUT2D eigenvalue weighted by Crippen LogP contribution is -2.25. The van der Waals surface area contributed by atoms with Gasteiger partial charge >= 0.3 is 6.03 Å². The molecule has 4 N–H and O–H groups in total. The topological polar surface area (TPSA) is 75.4 Å². The van der Waals surface area contributed by atoms with Crippen LogP contribution in [-0.2, 0) is 0 Å². The molecule has 0 fully saturated rings. The fourth-order valence-electron chi connectivity index (χ4n) is 0.906. The number of hydrogen-bond acceptors (Lipinski definition) is 3. The first-order chi connectivity index (χ1) is 6.74. The van der Waals surface area contributed by atoms with Gasteiger partial charge in [-0.05, 0) is 22.9 Å². The molecular formula is C9H10N2O2S. The van der Waals surface area contributed by atoms with Crippen LogP contribution in [0.2, 0.25) is 0 Å². The highest BCUT2D eigenvalue weighted by Crippen LogP contribution is 2.18. The fraction of sp³-hybridized carbons (Fsp3) is 0. The van der Waals surface area contributed by atoms with E-state index in [9.17, 15) is 4.79 Å². The third kappa shape index (κ3) is 3.04. The summed E-state index contributed by atoms with van der Waals surface area (Å²) in [5, 5.41) is 10.9. The summed E-state index contributed by atoms with van der Waals surface area (Å²) in [6, 6.07) is 9.60. The number of primary amides is 1. The number of benzene rings is 1. The highest BCUT2D eigenvalue weighted by Gasteiger charge is 1.87. The lowest BCUT2D eigenvalue weighted by molar-refractivity contribution is 0.169. The summed E-state index contributed by atoms with van der Waals surface area (Å²) in [6.07, 6.45) is 0. The number of hydroxylamine groups is 1. The van der Waals surface area contributed by atoms with Gasteiger partial charge in [-0.15, -0.1) is 11.3 Å². The van der Waals surface area contributed by atoms with Gasteiger partial charge in [-0.2, -0.15) is 0 Å². The van der Waals surface area contributed by atoms with Crippen LogP contribution < -0.4 is 11.2 Å². The highest BCUT2D eigenvalue weighted by atomic mass is 32.1. The van der Waals surface area contributed by atoms with Crippen molar-refractivity contribution in [1.82, 2.24) is 5.48 Å². The van der Waals surface area contributed by atoms with Gasteiger partial charge in [0.2, 0.25) is 0 Å². The Morgan fingerprint density at radius 1 is 1.36 bits per heavy atom. The summed E-state index contributed by atoms with van der Waals surface area (Å²) in [5.41, 5.74) is 5.46. The Morgan fingerprint density at radius 3 is 2.57 bits per heavy atom. The largest absolute Gasteiger partial charge is 0.350 e. The van der Waals surface area contributed by atoms with E-state index in [0.29, 0.717) is 0 Å². The molecule has 0 unspecified atom stereocenters. The van der Waals surface area contributed by atoms with Crippen molar-refractivity contribution in [2.75, 3.05) is 0 Å². The SMILES string of the molecule is NC(=O)NO.c1ccc2sccc2c1. The summed E-state index contributed by atoms with van der Waals surface area (Å²) in [4.78, 5) is 9.23. The van der Waals surface area contributed by atoms with Crippen LogP contribution in [0.25, 0.3) is 10.1 Å². The van der Waals surface area contributed by atoms with Crippen molar-refractivity contribution in [3.63, 3.8) is 0 Å². The van der Waals surface area contributed by atoms with Crippen LogP contribution in [0.3, 0.4) is 0 Å². The molecule has 1 aromatic heterocycles. The number of carbonyl (C=O) groups is 1. The van der Waals surface area contributed by atoms with Crippen LogP contribution in [0.4, 0.5) is 4.79 Å². The first-order valence-corrected chi connectivity index (χ1v) is 4.74. The Hall–Kier alpha value is -1.59. The van der Waals surface area contributed by atoms with Gasteiger partial charge in [0, 0.05) is 4.70 Å². The number of fused-ring (bicyclic) bond motifs is 1. The number of thiophene rings is 1. The van der Waals surface area contributed by atoms with E-state index < -0.39 is 6.03 Å². The number of nitrogens with one attached hydrogen (secondary N) is 1. The Bertz CT molecular complexity index is 384. The second-order valence-corrected chi connectivity index (χ2v) is 3.38. The molecule has 0 aliphatic carbocycles. The van der Waals surface area contributed by atoms with E-state index in [1.54, 1.807) is 11.3 Å². The van der Waals surface area contributed by atoms with Gasteiger partial charge in [0.15, 0.2) is 0 Å². The summed E-state index contributed by atoms with van der Waals surface area (Å²) < 4.78 is 1.37. The highest BCUT2D eigenvalue weighted by molar-refractivity contribution is 7.17. The van der Waals surface area contributed by atoms with Crippen LogP contribution in [0, 0.1) is 0 Å². The molecule has 0 atom stereocenters. The fourth-order valence-corrected chi connectivity index (χ4v) is 1.70. The van der Waals surface area contributed by atoms with E-state index in [1.807, 2.05) is 0 Å². The van der Waals surface area contributed by atoms with Gasteiger partial charge in [0.25, 0.3) is 0 Å². The zero-order valence-electron chi connectivity index (χ0n) is 7.31. The molecule has 1 aromatic carbocycles. The molecule has 0 aliphatic heterocycles. The molecule has 74 valence electrons. The first-order valence-electron chi connectivity index (χ1n) is 3.86. The summed E-state index contributed by atoms with van der Waals surface area (Å²) in [6.45, 7) is 0. The third-order valence-corrected chi connectivity index (χ3v) is 2.37. The van der Waals surface area contributed by atoms with Gasteiger partial charge in [0.05, 0.1) is 0 Å². The van der Waals surface area contributed by atoms with Crippen molar-refractivity contribution >= 4 is 27.5 Å². The minimum atomic E-state index is -0.940. The molecule has 1 heterocycles. The Kier molecular flexibility index (Phi) is 3.90. The lowest BCUT2D eigenvalue weighted by Gasteiger charge is -1.82. The summed E-state index contributed by atoms with van der Waals surface area (Å²) >= 11 is 1.79. The van der Waals surface area contributed by atoms with E-state index in [4.69, 9.17) is 5.21 Å². The standard InChI is InChI=1S/C8H6S.CH4N2O2/c1-2-4-8-7(3-1)5-6-9-8;2-1(4)3-5/h1-6H;5H,(H3,2,3,4). The molecule has 0 aliphatic rings. The van der Waals surface area contributed by atoms with Gasteiger partial charge in [-0.1, -0.05) is 18.2 Å². The van der Waals surface area contributed by atoms with E-state index in [-0.39, 0.29) is 0 Å². The van der Waals surface area contributed by atoms with Crippen LogP contribution in [0.15, 0.2) is 35.7 Å². The minimum Gasteiger partial charge on any atom is -0.350 e. The number of carbonyl (C=O) groups excluding carboxylic acids is 1. The molecule has 0 radical (unpaired) electrons. The molecule has 5 heteroatoms. The number of amides is 2. The summed E-state index contributed by atoms with van der Waals surface area (Å²) in [5.74, 6) is 0. The minimum absolute atomic E-state index is 0.940. The molecule has 4 nitrogen and oxygen atoms in total. The molecule has 2 aromatic rings. The van der Waals surface area contributed by atoms with Gasteiger partial charge in [-0.25, -0.2) is 10.3 Å². The monoisotopic (exact) mass is 210 g/mol. The average molecular weight is 210 g/mol. The number of nitrogens with two attached hydrogens (primary N) is 1. The first kappa shape index (κ1) is 10.5. The molecule has 0 spiro atoms. The zero-order valence-corrected chi connectivity index (χ0v) is 8.12. The van der Waals surface area contributed by atoms with Crippen molar-refractivity contribution in [2.45, 2.75) is 0 Å². The van der Waals surface area contributed by atoms with Gasteiger partial charge in [0.1, 0.15) is 0 Å². The normalized spacial score (nSPS) is 8.93. The predicted octanol–water partition coefficient (Wildman–Crippen LogP) is 1.95. The van der Waals surface area contributed by atoms with E-state index in [2.05, 4.69) is 41.4 Å². The smallest absolute Gasteiger partial charge is 0.335 e. The maximum Gasteiger partial charge on any atom is 0.335 e. The van der Waals surface area contributed by atoms with Crippen LogP contribution >= 0.6 is 11.3 Å².